The number of nitrogens with one attached hydrogen (secondary N) is 1. The van der Waals surface area contributed by atoms with Gasteiger partial charge in [0.1, 0.15) is 5.82 Å². The average Bonchev–Trinajstić information content (AvgIpc) is 3.12. The van der Waals surface area contributed by atoms with E-state index >= 15 is 0 Å². The second-order valence-corrected chi connectivity index (χ2v) is 8.19. The second kappa shape index (κ2) is 14.4. The normalized spacial score (nSPS) is 13.0. The number of carboxylic acids is 1. The van der Waals surface area contributed by atoms with Gasteiger partial charge in [-0.2, -0.15) is 5.10 Å². The molecule has 0 saturated carbocycles. The summed E-state index contributed by atoms with van der Waals surface area (Å²) in [6.45, 7) is 6.35. The molecule has 2 rings (SSSR count). The van der Waals surface area contributed by atoms with Crippen molar-refractivity contribution in [1.82, 2.24) is 15.1 Å². The van der Waals surface area contributed by atoms with Crippen LogP contribution in [0, 0.1) is 5.82 Å². The third-order valence-corrected chi connectivity index (χ3v) is 5.03. The maximum atomic E-state index is 13.5. The van der Waals surface area contributed by atoms with Gasteiger partial charge in [0.2, 0.25) is 0 Å². The Hall–Kier alpha value is -2.04. The van der Waals surface area contributed by atoms with Crippen LogP contribution >= 0.6 is 0 Å². The first-order valence-electron chi connectivity index (χ1n) is 11.0. The van der Waals surface area contributed by atoms with Crippen molar-refractivity contribution in [3.63, 3.8) is 0 Å². The number of hydrogen-bond acceptors (Lipinski definition) is 6. The Morgan fingerprint density at radius 2 is 1.88 bits per heavy atom. The smallest absolute Gasteiger partial charge is 0.550 e. The number of benzene rings is 1. The molecule has 3 N–H and O–H groups in total. The number of carbonyl (C=O) groups excluding carboxylic acids is 2. The molecule has 0 aliphatic carbocycles. The molecule has 0 fully saturated rings. The van der Waals surface area contributed by atoms with E-state index in [1.807, 2.05) is 20.8 Å². The molecule has 1 aromatic carbocycles. The zero-order valence-corrected chi connectivity index (χ0v) is 22.1. The van der Waals surface area contributed by atoms with E-state index in [1.54, 1.807) is 6.08 Å². The molecule has 1 heterocycles. The number of hydrogen-bond donors (Lipinski definition) is 3. The Bertz CT molecular complexity index is 976. The minimum Gasteiger partial charge on any atom is -0.550 e. The van der Waals surface area contributed by atoms with Crippen molar-refractivity contribution >= 4 is 18.0 Å². The van der Waals surface area contributed by atoms with Crippen LogP contribution in [0.1, 0.15) is 74.1 Å². The molecule has 2 aromatic rings. The Balaban J connectivity index is 0.00000578. The predicted molar refractivity (Wildman–Crippen MR) is 120 cm³/mol. The molecule has 0 bridgehead atoms. The Kier molecular flexibility index (Phi) is 12.7. The van der Waals surface area contributed by atoms with Crippen molar-refractivity contribution < 1.29 is 58.9 Å². The maximum absolute atomic E-state index is 13.5. The number of unbranched alkanes of at least 4 members (excludes halogenated alkanes) is 1. The molecule has 0 aliphatic rings. The number of aliphatic hydroxyl groups is 2. The minimum atomic E-state index is -1.41. The standard InChI is InChI=1S/C24H32FN3O5.Na/c1-4-5-12-26-24(33)23-22(15(2)3)20(11-10-18(29)13-19(30)14-21(31)32)28(27-23)17-8-6-16(25)7-9-17;/h6-11,15,18-19,29-30H,4-5,12-14H2,1-3H3,(H,26,33)(H,31,32);/q;+1/p-1/b11-10+;/t18-,19-;/m1./s1. The summed E-state index contributed by atoms with van der Waals surface area (Å²) in [6, 6.07) is 5.63. The first-order valence-corrected chi connectivity index (χ1v) is 11.0. The van der Waals surface area contributed by atoms with E-state index in [-0.39, 0.29) is 53.5 Å². The minimum absolute atomic E-state index is 0. The molecule has 1 aromatic heterocycles. The van der Waals surface area contributed by atoms with Gasteiger partial charge in [0.05, 0.1) is 23.6 Å². The van der Waals surface area contributed by atoms with E-state index in [0.29, 0.717) is 23.5 Å². The van der Waals surface area contributed by atoms with E-state index in [2.05, 4.69) is 10.4 Å². The molecular weight excluding hydrogens is 452 g/mol. The van der Waals surface area contributed by atoms with E-state index in [4.69, 9.17) is 0 Å². The average molecular weight is 484 g/mol. The Labute approximate surface area is 221 Å². The molecule has 8 nitrogen and oxygen atoms in total. The number of carboxylic acid groups (broad SMARTS) is 1. The van der Waals surface area contributed by atoms with Crippen molar-refractivity contribution in [2.75, 3.05) is 6.54 Å². The van der Waals surface area contributed by atoms with Gasteiger partial charge in [-0.15, -0.1) is 0 Å². The SMILES string of the molecule is CCCCNC(=O)c1nn(-c2ccc(F)cc2)c(/C=C/[C@@H](O)C[C@@H](O)CC(=O)[O-])c1C(C)C.[Na+]. The third-order valence-electron chi connectivity index (χ3n) is 5.03. The van der Waals surface area contributed by atoms with Gasteiger partial charge in [0, 0.05) is 30.9 Å². The van der Waals surface area contributed by atoms with E-state index in [0.717, 1.165) is 12.8 Å². The number of aliphatic hydroxyl groups excluding tert-OH is 2. The van der Waals surface area contributed by atoms with Crippen LogP contribution < -0.4 is 40.0 Å². The Morgan fingerprint density at radius 3 is 2.44 bits per heavy atom. The van der Waals surface area contributed by atoms with Crippen molar-refractivity contribution in [3.8, 4) is 5.69 Å². The van der Waals surface area contributed by atoms with Crippen LogP contribution in [0.15, 0.2) is 30.3 Å². The molecule has 180 valence electrons. The quantitative estimate of drug-likeness (QED) is 0.261. The summed E-state index contributed by atoms with van der Waals surface area (Å²) < 4.78 is 15.0. The van der Waals surface area contributed by atoms with E-state index < -0.39 is 30.4 Å². The fourth-order valence-corrected chi connectivity index (χ4v) is 3.42. The number of rotatable bonds is 12. The van der Waals surface area contributed by atoms with Crippen molar-refractivity contribution in [3.05, 3.63) is 53.1 Å². The van der Waals surface area contributed by atoms with Crippen LogP contribution in [0.2, 0.25) is 0 Å². The van der Waals surface area contributed by atoms with Gasteiger partial charge in [-0.1, -0.05) is 33.3 Å². The predicted octanol–water partition coefficient (Wildman–Crippen LogP) is -1.07. The van der Waals surface area contributed by atoms with Crippen molar-refractivity contribution in [2.45, 2.75) is 64.6 Å². The maximum Gasteiger partial charge on any atom is 1.00 e. The van der Waals surface area contributed by atoms with Gasteiger partial charge in [0.15, 0.2) is 5.69 Å². The summed E-state index contributed by atoms with van der Waals surface area (Å²) >= 11 is 0. The molecule has 0 aliphatic heterocycles. The molecule has 0 unspecified atom stereocenters. The van der Waals surface area contributed by atoms with Crippen LogP contribution in [0.25, 0.3) is 11.8 Å². The van der Waals surface area contributed by atoms with Gasteiger partial charge in [-0.05, 0) is 42.7 Å². The van der Waals surface area contributed by atoms with Crippen LogP contribution in [-0.2, 0) is 4.79 Å². The summed E-state index contributed by atoms with van der Waals surface area (Å²) in [6.07, 6.45) is 1.55. The largest absolute Gasteiger partial charge is 1.00 e. The summed E-state index contributed by atoms with van der Waals surface area (Å²) in [5.41, 5.74) is 1.92. The Morgan fingerprint density at radius 1 is 1.24 bits per heavy atom. The summed E-state index contributed by atoms with van der Waals surface area (Å²) in [4.78, 5) is 23.5. The first kappa shape index (κ1) is 30.0. The van der Waals surface area contributed by atoms with Gasteiger partial charge >= 0.3 is 29.6 Å². The van der Waals surface area contributed by atoms with Crippen LogP contribution in [0.5, 0.6) is 0 Å². The number of carbonyl (C=O) groups is 2. The van der Waals surface area contributed by atoms with Gasteiger partial charge in [-0.3, -0.25) is 4.79 Å². The van der Waals surface area contributed by atoms with Crippen LogP contribution in [0.3, 0.4) is 0 Å². The van der Waals surface area contributed by atoms with Crippen LogP contribution in [0.4, 0.5) is 4.39 Å². The van der Waals surface area contributed by atoms with Crippen molar-refractivity contribution in [2.24, 2.45) is 0 Å². The topological polar surface area (TPSA) is 128 Å². The van der Waals surface area contributed by atoms with E-state index in [1.165, 1.54) is 35.0 Å². The van der Waals surface area contributed by atoms with Gasteiger partial charge in [-0.25, -0.2) is 9.07 Å². The number of aliphatic carboxylic acids is 1. The second-order valence-electron chi connectivity index (χ2n) is 8.19. The van der Waals surface area contributed by atoms with Gasteiger partial charge < -0.3 is 25.4 Å². The molecule has 0 radical (unpaired) electrons. The summed E-state index contributed by atoms with van der Waals surface area (Å²) in [5, 5.41) is 38.0. The van der Waals surface area contributed by atoms with E-state index in [9.17, 15) is 29.3 Å². The summed E-state index contributed by atoms with van der Waals surface area (Å²) in [7, 11) is 0. The molecule has 10 heteroatoms. The molecule has 0 saturated heterocycles. The molecule has 2 atom stereocenters. The number of amides is 1. The third kappa shape index (κ3) is 8.63. The number of nitrogens with zero attached hydrogens (tertiary/aromatic N) is 2. The fraction of sp³-hybridized carbons (Fsp3) is 0.458. The molecular formula is C24H31FN3NaO5. The number of halogens is 1. The molecule has 1 amide bonds. The fourth-order valence-electron chi connectivity index (χ4n) is 3.42. The first-order chi connectivity index (χ1) is 15.6. The monoisotopic (exact) mass is 483 g/mol. The number of aromatic nitrogens is 2. The van der Waals surface area contributed by atoms with Crippen LogP contribution in [-0.4, -0.2) is 50.6 Å². The van der Waals surface area contributed by atoms with Crippen molar-refractivity contribution in [1.29, 1.82) is 0 Å². The molecule has 0 spiro atoms. The van der Waals surface area contributed by atoms with Gasteiger partial charge in [0.25, 0.3) is 5.91 Å². The zero-order valence-electron chi connectivity index (χ0n) is 20.1. The zero-order chi connectivity index (χ0) is 24.5. The molecule has 34 heavy (non-hydrogen) atoms. The summed E-state index contributed by atoms with van der Waals surface area (Å²) in [5.74, 6) is -2.25.